The maximum absolute atomic E-state index is 12.5. The number of carbonyl (C=O) groups excluding carboxylic acids is 1. The van der Waals surface area contributed by atoms with Crippen LogP contribution in [0.2, 0.25) is 0 Å². The van der Waals surface area contributed by atoms with Crippen LogP contribution in [0.3, 0.4) is 0 Å². The molecule has 7 nitrogen and oxygen atoms in total. The third kappa shape index (κ3) is 4.89. The predicted octanol–water partition coefficient (Wildman–Crippen LogP) is 1.79. The molecule has 2 fully saturated rings. The fourth-order valence-corrected chi connectivity index (χ4v) is 4.12. The standard InChI is InChI=1S/C20H32N4O3/c1-13-5-4-6-17(14(13)2)22-18(25)8-7-16-15(3)21-20(23-19(16)26)24-9-11-27-12-10-24/h13-14,17H,4-12H2,1-3H3,(H,22,25)(H,21,23,26). The van der Waals surface area contributed by atoms with Crippen LogP contribution >= 0.6 is 0 Å². The van der Waals surface area contributed by atoms with E-state index in [4.69, 9.17) is 4.74 Å². The lowest BCUT2D eigenvalue weighted by atomic mass is 9.78. The van der Waals surface area contributed by atoms with Gasteiger partial charge in [-0.1, -0.05) is 26.7 Å². The van der Waals surface area contributed by atoms with Gasteiger partial charge in [-0.15, -0.1) is 0 Å². The third-order valence-electron chi connectivity index (χ3n) is 6.18. The number of ether oxygens (including phenoxy) is 1. The highest BCUT2D eigenvalue weighted by Gasteiger charge is 2.28. The fraction of sp³-hybridized carbons (Fsp3) is 0.750. The molecule has 0 spiro atoms. The number of hydrogen-bond donors (Lipinski definition) is 2. The number of hydrogen-bond acceptors (Lipinski definition) is 5. The summed E-state index contributed by atoms with van der Waals surface area (Å²) in [5.74, 6) is 1.77. The van der Waals surface area contributed by atoms with Crippen LogP contribution < -0.4 is 15.8 Å². The van der Waals surface area contributed by atoms with E-state index in [0.29, 0.717) is 55.1 Å². The molecule has 1 aromatic heterocycles. The van der Waals surface area contributed by atoms with Crippen molar-refractivity contribution in [3.8, 4) is 0 Å². The summed E-state index contributed by atoms with van der Waals surface area (Å²) in [6.07, 6.45) is 4.19. The second kappa shape index (κ2) is 8.87. The molecule has 7 heteroatoms. The summed E-state index contributed by atoms with van der Waals surface area (Å²) < 4.78 is 5.34. The third-order valence-corrected chi connectivity index (χ3v) is 6.18. The first-order valence-electron chi connectivity index (χ1n) is 10.2. The van der Waals surface area contributed by atoms with Crippen LogP contribution in [0.5, 0.6) is 0 Å². The van der Waals surface area contributed by atoms with Gasteiger partial charge in [-0.25, -0.2) is 4.98 Å². The van der Waals surface area contributed by atoms with Crippen LogP contribution in [-0.4, -0.2) is 48.2 Å². The monoisotopic (exact) mass is 376 g/mol. The first kappa shape index (κ1) is 19.9. The SMILES string of the molecule is Cc1nc(N2CCOCC2)[nH]c(=O)c1CCC(=O)NC1CCCC(C)C1C. The number of nitrogens with one attached hydrogen (secondary N) is 2. The van der Waals surface area contributed by atoms with Gasteiger partial charge < -0.3 is 15.0 Å². The van der Waals surface area contributed by atoms with Gasteiger partial charge in [0.15, 0.2) is 0 Å². The Bertz CT molecular complexity index is 712. The van der Waals surface area contributed by atoms with Crippen molar-refractivity contribution < 1.29 is 9.53 Å². The van der Waals surface area contributed by atoms with E-state index in [1.807, 2.05) is 11.8 Å². The highest BCUT2D eigenvalue weighted by molar-refractivity contribution is 5.76. The number of anilines is 1. The fourth-order valence-electron chi connectivity index (χ4n) is 4.12. The van der Waals surface area contributed by atoms with Crippen molar-refractivity contribution in [2.24, 2.45) is 11.8 Å². The topological polar surface area (TPSA) is 87.3 Å². The average molecular weight is 377 g/mol. The van der Waals surface area contributed by atoms with Crippen LogP contribution in [0.15, 0.2) is 4.79 Å². The summed E-state index contributed by atoms with van der Waals surface area (Å²) in [4.78, 5) is 34.4. The normalized spacial score (nSPS) is 26.0. The quantitative estimate of drug-likeness (QED) is 0.818. The molecule has 2 heterocycles. The molecule has 3 atom stereocenters. The lowest BCUT2D eigenvalue weighted by Crippen LogP contribution is -2.43. The molecule has 1 saturated heterocycles. The zero-order valence-corrected chi connectivity index (χ0v) is 16.7. The van der Waals surface area contributed by atoms with Crippen LogP contribution in [0.25, 0.3) is 0 Å². The smallest absolute Gasteiger partial charge is 0.255 e. The minimum absolute atomic E-state index is 0.0250. The molecule has 3 unspecified atom stereocenters. The largest absolute Gasteiger partial charge is 0.378 e. The molecule has 1 aliphatic heterocycles. The van der Waals surface area contributed by atoms with Gasteiger partial charge in [0.1, 0.15) is 0 Å². The Labute approximate surface area is 160 Å². The Morgan fingerprint density at radius 1 is 1.30 bits per heavy atom. The Balaban J connectivity index is 1.58. The molecule has 150 valence electrons. The van der Waals surface area contributed by atoms with Gasteiger partial charge in [-0.05, 0) is 31.6 Å². The van der Waals surface area contributed by atoms with E-state index in [2.05, 4.69) is 29.1 Å². The number of amides is 1. The molecule has 3 rings (SSSR count). The molecule has 1 amide bonds. The average Bonchev–Trinajstić information content (AvgIpc) is 2.65. The van der Waals surface area contributed by atoms with Crippen molar-refractivity contribution in [1.82, 2.24) is 15.3 Å². The molecule has 0 bridgehead atoms. The summed E-state index contributed by atoms with van der Waals surface area (Å²) >= 11 is 0. The second-order valence-corrected chi connectivity index (χ2v) is 7.99. The van der Waals surface area contributed by atoms with E-state index < -0.39 is 0 Å². The molecular weight excluding hydrogens is 344 g/mol. The van der Waals surface area contributed by atoms with Gasteiger partial charge in [0, 0.05) is 36.8 Å². The number of rotatable bonds is 5. The van der Waals surface area contributed by atoms with E-state index in [1.54, 1.807) is 0 Å². The van der Waals surface area contributed by atoms with Crippen molar-refractivity contribution in [2.45, 2.75) is 58.9 Å². The highest BCUT2D eigenvalue weighted by Crippen LogP contribution is 2.29. The zero-order chi connectivity index (χ0) is 19.4. The van der Waals surface area contributed by atoms with E-state index >= 15 is 0 Å². The van der Waals surface area contributed by atoms with Gasteiger partial charge in [0.05, 0.1) is 13.2 Å². The number of H-pyrrole nitrogens is 1. The summed E-state index contributed by atoms with van der Waals surface area (Å²) in [5, 5.41) is 3.18. The first-order chi connectivity index (χ1) is 13.0. The van der Waals surface area contributed by atoms with Gasteiger partial charge in [0.25, 0.3) is 5.56 Å². The van der Waals surface area contributed by atoms with Crippen molar-refractivity contribution in [3.05, 3.63) is 21.6 Å². The summed E-state index contributed by atoms with van der Waals surface area (Å²) in [6, 6.07) is 0.252. The molecule has 2 N–H and O–H groups in total. The van der Waals surface area contributed by atoms with E-state index in [9.17, 15) is 9.59 Å². The van der Waals surface area contributed by atoms with Crippen LogP contribution in [0, 0.1) is 18.8 Å². The van der Waals surface area contributed by atoms with Gasteiger partial charge in [-0.3, -0.25) is 14.6 Å². The van der Waals surface area contributed by atoms with Crippen LogP contribution in [0.1, 0.15) is 50.8 Å². The first-order valence-corrected chi connectivity index (χ1v) is 10.2. The van der Waals surface area contributed by atoms with E-state index in [1.165, 1.54) is 12.8 Å². The molecule has 1 aromatic rings. The molecule has 0 aromatic carbocycles. The van der Waals surface area contributed by atoms with Crippen molar-refractivity contribution in [3.63, 3.8) is 0 Å². The number of morpholine rings is 1. The Morgan fingerprint density at radius 2 is 2.04 bits per heavy atom. The number of aromatic nitrogens is 2. The van der Waals surface area contributed by atoms with E-state index in [-0.39, 0.29) is 17.5 Å². The predicted molar refractivity (Wildman–Crippen MR) is 105 cm³/mol. The number of aryl methyl sites for hydroxylation is 1. The number of aromatic amines is 1. The molecular formula is C20H32N4O3. The lowest BCUT2D eigenvalue weighted by molar-refractivity contribution is -0.122. The second-order valence-electron chi connectivity index (χ2n) is 7.99. The molecule has 2 aliphatic rings. The number of nitrogens with zero attached hydrogens (tertiary/aromatic N) is 2. The Kier molecular flexibility index (Phi) is 6.52. The van der Waals surface area contributed by atoms with Crippen molar-refractivity contribution in [2.75, 3.05) is 31.2 Å². The molecule has 27 heavy (non-hydrogen) atoms. The molecule has 1 saturated carbocycles. The molecule has 0 radical (unpaired) electrons. The van der Waals surface area contributed by atoms with E-state index in [0.717, 1.165) is 19.5 Å². The number of carbonyl (C=O) groups is 1. The van der Waals surface area contributed by atoms with Gasteiger partial charge in [-0.2, -0.15) is 0 Å². The van der Waals surface area contributed by atoms with Crippen molar-refractivity contribution >= 4 is 11.9 Å². The maximum atomic E-state index is 12.5. The minimum Gasteiger partial charge on any atom is -0.378 e. The minimum atomic E-state index is -0.142. The van der Waals surface area contributed by atoms with Gasteiger partial charge >= 0.3 is 0 Å². The van der Waals surface area contributed by atoms with Crippen molar-refractivity contribution in [1.29, 1.82) is 0 Å². The summed E-state index contributed by atoms with van der Waals surface area (Å²) in [6.45, 7) is 9.05. The summed E-state index contributed by atoms with van der Waals surface area (Å²) in [5.41, 5.74) is 1.16. The highest BCUT2D eigenvalue weighted by atomic mass is 16.5. The lowest BCUT2D eigenvalue weighted by Gasteiger charge is -2.34. The van der Waals surface area contributed by atoms with Crippen LogP contribution in [0.4, 0.5) is 5.95 Å². The van der Waals surface area contributed by atoms with Gasteiger partial charge in [0.2, 0.25) is 11.9 Å². The summed E-state index contributed by atoms with van der Waals surface area (Å²) in [7, 11) is 0. The van der Waals surface area contributed by atoms with Crippen LogP contribution in [-0.2, 0) is 16.0 Å². The zero-order valence-electron chi connectivity index (χ0n) is 16.7. The maximum Gasteiger partial charge on any atom is 0.255 e. The Hall–Kier alpha value is -1.89. The Morgan fingerprint density at radius 3 is 2.74 bits per heavy atom. The molecule has 1 aliphatic carbocycles.